The number of nitrogens with one attached hydrogen (secondary N) is 1. The third-order valence-electron chi connectivity index (χ3n) is 2.57. The number of hydrogen-bond acceptors (Lipinski definition) is 5. The fraction of sp³-hybridized carbons (Fsp3) is 0.154. The van der Waals surface area contributed by atoms with Crippen molar-refractivity contribution in [1.82, 2.24) is 4.98 Å². The van der Waals surface area contributed by atoms with Crippen LogP contribution < -0.4 is 11.3 Å². The molecule has 0 bridgehead atoms. The zero-order valence-electron chi connectivity index (χ0n) is 11.9. The molecule has 10 heteroatoms. The minimum Gasteiger partial charge on any atom is -0.308 e. The zero-order valence-corrected chi connectivity index (χ0v) is 12.7. The van der Waals surface area contributed by atoms with Gasteiger partial charge in [0, 0.05) is 6.20 Å². The van der Waals surface area contributed by atoms with E-state index in [2.05, 4.69) is 4.98 Å². The molecular weight excluding hydrogens is 335 g/mol. The molecule has 0 spiro atoms. The van der Waals surface area contributed by atoms with Crippen molar-refractivity contribution < 1.29 is 26.1 Å². The Kier molecular flexibility index (Phi) is 6.07. The van der Waals surface area contributed by atoms with Crippen LogP contribution in [0.25, 0.3) is 0 Å². The first kappa shape index (κ1) is 18.9. The summed E-state index contributed by atoms with van der Waals surface area (Å²) < 4.78 is 65.9. The number of halogens is 3. The maximum Gasteiger partial charge on any atom is 0.419 e. The number of aromatic nitrogens is 1. The molecular formula is C13H14F3N3O3S. The van der Waals surface area contributed by atoms with Crippen molar-refractivity contribution in [2.75, 3.05) is 5.43 Å². The Bertz CT molecular complexity index is 747. The van der Waals surface area contributed by atoms with Gasteiger partial charge in [0.1, 0.15) is 0 Å². The minimum absolute atomic E-state index is 0.0666. The number of hydrogen-bond donors (Lipinski definition) is 3. The van der Waals surface area contributed by atoms with E-state index in [0.717, 1.165) is 11.6 Å². The first-order valence-electron chi connectivity index (χ1n) is 6.08. The van der Waals surface area contributed by atoms with Crippen molar-refractivity contribution in [3.63, 3.8) is 0 Å². The Balaban J connectivity index is 0.000000231. The third kappa shape index (κ3) is 5.85. The smallest absolute Gasteiger partial charge is 0.308 e. The minimum atomic E-state index is -4.42. The number of pyridine rings is 1. The van der Waals surface area contributed by atoms with Crippen LogP contribution in [0, 0.1) is 6.92 Å². The van der Waals surface area contributed by atoms with E-state index < -0.39 is 21.9 Å². The SMILES string of the molecule is Cc1ccc(S(=O)(=O)O)cc1.NNc1ncccc1C(F)(F)F. The highest BCUT2D eigenvalue weighted by Crippen LogP contribution is 2.32. The summed E-state index contributed by atoms with van der Waals surface area (Å²) in [5.74, 6) is 4.46. The van der Waals surface area contributed by atoms with Crippen LogP contribution in [0.5, 0.6) is 0 Å². The average Bonchev–Trinajstić information content (AvgIpc) is 2.46. The lowest BCUT2D eigenvalue weighted by atomic mass is 10.2. The second kappa shape index (κ2) is 7.40. The number of benzene rings is 1. The van der Waals surface area contributed by atoms with Crippen LogP contribution in [0.4, 0.5) is 19.0 Å². The van der Waals surface area contributed by atoms with Crippen LogP contribution in [0.15, 0.2) is 47.5 Å². The highest BCUT2D eigenvalue weighted by molar-refractivity contribution is 7.85. The highest BCUT2D eigenvalue weighted by Gasteiger charge is 2.33. The molecule has 0 amide bonds. The second-order valence-corrected chi connectivity index (χ2v) is 5.75. The molecule has 0 aliphatic rings. The lowest BCUT2D eigenvalue weighted by Crippen LogP contribution is -2.15. The molecule has 2 aromatic rings. The van der Waals surface area contributed by atoms with Crippen LogP contribution in [-0.4, -0.2) is 18.0 Å². The van der Waals surface area contributed by atoms with Crippen LogP contribution in [0.2, 0.25) is 0 Å². The molecule has 0 radical (unpaired) electrons. The van der Waals surface area contributed by atoms with Gasteiger partial charge in [0.2, 0.25) is 0 Å². The van der Waals surface area contributed by atoms with E-state index in [1.54, 1.807) is 12.1 Å². The molecule has 0 aliphatic heterocycles. The summed E-state index contributed by atoms with van der Waals surface area (Å²) in [6.07, 6.45) is -3.19. The molecule has 2 rings (SSSR count). The van der Waals surface area contributed by atoms with E-state index >= 15 is 0 Å². The average molecular weight is 349 g/mol. The summed E-state index contributed by atoms with van der Waals surface area (Å²) in [4.78, 5) is 3.34. The molecule has 1 aromatic heterocycles. The van der Waals surface area contributed by atoms with Gasteiger partial charge in [-0.05, 0) is 31.2 Å². The summed E-state index contributed by atoms with van der Waals surface area (Å²) >= 11 is 0. The van der Waals surface area contributed by atoms with Gasteiger partial charge in [-0.1, -0.05) is 17.7 Å². The van der Waals surface area contributed by atoms with Crippen molar-refractivity contribution in [3.8, 4) is 0 Å². The van der Waals surface area contributed by atoms with Gasteiger partial charge < -0.3 is 5.43 Å². The van der Waals surface area contributed by atoms with Gasteiger partial charge in [-0.2, -0.15) is 21.6 Å². The number of alkyl halides is 3. The van der Waals surface area contributed by atoms with Crippen LogP contribution in [-0.2, 0) is 16.3 Å². The number of nitrogens with zero attached hydrogens (tertiary/aromatic N) is 1. The maximum absolute atomic E-state index is 12.1. The molecule has 4 N–H and O–H groups in total. The van der Waals surface area contributed by atoms with Crippen molar-refractivity contribution in [2.45, 2.75) is 18.0 Å². The van der Waals surface area contributed by atoms with Gasteiger partial charge in [-0.25, -0.2) is 10.8 Å². The summed E-state index contributed by atoms with van der Waals surface area (Å²) in [7, 11) is -4.02. The predicted molar refractivity (Wildman–Crippen MR) is 78.0 cm³/mol. The molecule has 6 nitrogen and oxygen atoms in total. The number of rotatable bonds is 2. The van der Waals surface area contributed by atoms with Crippen LogP contribution in [0.1, 0.15) is 11.1 Å². The van der Waals surface area contributed by atoms with Gasteiger partial charge in [-0.15, -0.1) is 0 Å². The molecule has 0 atom stereocenters. The lowest BCUT2D eigenvalue weighted by Gasteiger charge is -2.09. The Morgan fingerprint density at radius 3 is 2.13 bits per heavy atom. The van der Waals surface area contributed by atoms with E-state index in [9.17, 15) is 21.6 Å². The molecule has 126 valence electrons. The Hall–Kier alpha value is -2.17. The van der Waals surface area contributed by atoms with Crippen molar-refractivity contribution in [1.29, 1.82) is 0 Å². The van der Waals surface area contributed by atoms with Gasteiger partial charge in [-0.3, -0.25) is 4.55 Å². The predicted octanol–water partition coefficient (Wildman–Crippen LogP) is 2.63. The van der Waals surface area contributed by atoms with Gasteiger partial charge in [0.15, 0.2) is 5.82 Å². The fourth-order valence-electron chi connectivity index (χ4n) is 1.46. The molecule has 0 fully saturated rings. The molecule has 0 saturated carbocycles. The van der Waals surface area contributed by atoms with E-state index in [0.29, 0.717) is 0 Å². The van der Waals surface area contributed by atoms with Gasteiger partial charge in [0.25, 0.3) is 10.1 Å². The van der Waals surface area contributed by atoms with Crippen molar-refractivity contribution >= 4 is 15.9 Å². The van der Waals surface area contributed by atoms with Crippen LogP contribution >= 0.6 is 0 Å². The summed E-state index contributed by atoms with van der Waals surface area (Å²) in [5.41, 5.74) is 1.96. The normalized spacial score (nSPS) is 11.4. The Labute approximate surface area is 130 Å². The van der Waals surface area contributed by atoms with E-state index in [4.69, 9.17) is 10.4 Å². The Morgan fingerprint density at radius 1 is 1.17 bits per heavy atom. The zero-order chi connectivity index (χ0) is 17.7. The molecule has 0 saturated heterocycles. The van der Waals surface area contributed by atoms with E-state index in [1.807, 2.05) is 12.3 Å². The number of nitrogen functional groups attached to an aromatic ring is 1. The molecule has 0 unspecified atom stereocenters. The summed E-state index contributed by atoms with van der Waals surface area (Å²) in [6, 6.07) is 8.09. The molecule has 1 aromatic carbocycles. The lowest BCUT2D eigenvalue weighted by molar-refractivity contribution is -0.137. The van der Waals surface area contributed by atoms with Crippen molar-refractivity contribution in [3.05, 3.63) is 53.7 Å². The van der Waals surface area contributed by atoms with E-state index in [1.165, 1.54) is 24.4 Å². The number of nitrogens with two attached hydrogens (primary N) is 1. The topological polar surface area (TPSA) is 105 Å². The largest absolute Gasteiger partial charge is 0.419 e. The van der Waals surface area contributed by atoms with E-state index in [-0.39, 0.29) is 10.7 Å². The fourth-order valence-corrected chi connectivity index (χ4v) is 1.94. The van der Waals surface area contributed by atoms with Gasteiger partial charge in [0.05, 0.1) is 10.5 Å². The number of anilines is 1. The quantitative estimate of drug-likeness (QED) is 0.437. The maximum atomic E-state index is 12.1. The van der Waals surface area contributed by atoms with Crippen LogP contribution in [0.3, 0.4) is 0 Å². The number of hydrazine groups is 1. The first-order valence-corrected chi connectivity index (χ1v) is 7.52. The third-order valence-corrected chi connectivity index (χ3v) is 3.44. The second-order valence-electron chi connectivity index (χ2n) is 4.33. The number of aryl methyl sites for hydroxylation is 1. The summed E-state index contributed by atoms with van der Waals surface area (Å²) in [5, 5.41) is 0. The Morgan fingerprint density at radius 2 is 1.74 bits per heavy atom. The molecule has 0 aliphatic carbocycles. The highest BCUT2D eigenvalue weighted by atomic mass is 32.2. The summed E-state index contributed by atoms with van der Waals surface area (Å²) in [6.45, 7) is 1.84. The van der Waals surface area contributed by atoms with Crippen molar-refractivity contribution in [2.24, 2.45) is 5.84 Å². The van der Waals surface area contributed by atoms with Gasteiger partial charge >= 0.3 is 6.18 Å². The first-order chi connectivity index (χ1) is 10.6. The monoisotopic (exact) mass is 349 g/mol. The molecule has 23 heavy (non-hydrogen) atoms. The molecule has 1 heterocycles. The standard InChI is InChI=1S/C7H8O3S.C6H6F3N3/c1-6-2-4-7(5-3-6)11(8,9)10;7-6(8,9)4-2-1-3-11-5(4)12-10/h2-5H,1H3,(H,8,9,10);1-3H,10H2,(H,11,12).